The molecule has 2 atom stereocenters. The van der Waals surface area contributed by atoms with E-state index in [2.05, 4.69) is 72.6 Å². The zero-order chi connectivity index (χ0) is 13.5. The molecular weight excluding hydrogens is 230 g/mol. The van der Waals surface area contributed by atoms with Gasteiger partial charge in [-0.15, -0.1) is 0 Å². The molecule has 0 saturated heterocycles. The van der Waals surface area contributed by atoms with E-state index in [1.807, 2.05) is 13.1 Å². The van der Waals surface area contributed by atoms with Crippen LogP contribution in [0.4, 0.5) is 0 Å². The molecule has 2 rings (SSSR count). The highest BCUT2D eigenvalue weighted by Crippen LogP contribution is 2.28. The molecule has 98 valence electrons. The molecule has 0 fully saturated rings. The fourth-order valence-corrected chi connectivity index (χ4v) is 2.47. The number of hydrogen-bond acceptors (Lipinski definition) is 1. The molecule has 0 aliphatic heterocycles. The number of rotatable bonds is 5. The molecule has 0 heterocycles. The second-order valence-electron chi connectivity index (χ2n) is 4.93. The molecule has 2 aromatic carbocycles. The summed E-state index contributed by atoms with van der Waals surface area (Å²) in [5.41, 5.74) is 2.67. The molecule has 2 aromatic rings. The van der Waals surface area contributed by atoms with Gasteiger partial charge in [-0.2, -0.15) is 0 Å². The summed E-state index contributed by atoms with van der Waals surface area (Å²) in [5, 5.41) is 0. The summed E-state index contributed by atoms with van der Waals surface area (Å²) in [6.07, 6.45) is 2.97. The minimum Gasteiger partial charge on any atom is -0.289 e. The summed E-state index contributed by atoms with van der Waals surface area (Å²) in [4.78, 5) is 4.67. The van der Waals surface area contributed by atoms with Crippen LogP contribution < -0.4 is 0 Å². The maximum atomic E-state index is 4.67. The lowest BCUT2D eigenvalue weighted by atomic mass is 9.89. The fourth-order valence-electron chi connectivity index (χ4n) is 2.47. The molecule has 1 nitrogen and oxygen atoms in total. The van der Waals surface area contributed by atoms with Gasteiger partial charge in [-0.1, -0.05) is 67.6 Å². The highest BCUT2D eigenvalue weighted by Gasteiger charge is 2.17. The Hall–Kier alpha value is -1.89. The average Bonchev–Trinajstić information content (AvgIpc) is 2.46. The van der Waals surface area contributed by atoms with Gasteiger partial charge in [-0.25, -0.2) is 0 Å². The van der Waals surface area contributed by atoms with Crippen LogP contribution in [0.15, 0.2) is 65.7 Å². The molecular formula is C18H21N. The zero-order valence-corrected chi connectivity index (χ0v) is 11.7. The first-order valence-electron chi connectivity index (χ1n) is 6.88. The van der Waals surface area contributed by atoms with Crippen LogP contribution in [0.25, 0.3) is 0 Å². The number of aliphatic imine (C=N–C) groups is 1. The molecule has 0 spiro atoms. The Labute approximate surface area is 116 Å². The van der Waals surface area contributed by atoms with Gasteiger partial charge in [-0.05, 0) is 36.6 Å². The highest BCUT2D eigenvalue weighted by atomic mass is 14.8. The van der Waals surface area contributed by atoms with Crippen molar-refractivity contribution in [2.45, 2.75) is 26.3 Å². The summed E-state index contributed by atoms with van der Waals surface area (Å²) < 4.78 is 0. The van der Waals surface area contributed by atoms with E-state index in [4.69, 9.17) is 0 Å². The Morgan fingerprint density at radius 3 is 2.11 bits per heavy atom. The van der Waals surface area contributed by atoms with Crippen molar-refractivity contribution in [2.75, 3.05) is 0 Å². The zero-order valence-electron chi connectivity index (χ0n) is 11.7. The maximum Gasteiger partial charge on any atom is 0.0773 e. The molecule has 0 N–H and O–H groups in total. The van der Waals surface area contributed by atoms with Gasteiger partial charge >= 0.3 is 0 Å². The first kappa shape index (κ1) is 13.5. The monoisotopic (exact) mass is 251 g/mol. The van der Waals surface area contributed by atoms with E-state index >= 15 is 0 Å². The SMILES string of the molecule is CC=NC(c1ccccc1)C(C)Cc1ccccc1. The lowest BCUT2D eigenvalue weighted by molar-refractivity contribution is 0.471. The lowest BCUT2D eigenvalue weighted by Gasteiger charge is -2.21. The highest BCUT2D eigenvalue weighted by molar-refractivity contribution is 5.54. The lowest BCUT2D eigenvalue weighted by Crippen LogP contribution is -2.11. The maximum absolute atomic E-state index is 4.67. The van der Waals surface area contributed by atoms with Crippen molar-refractivity contribution in [2.24, 2.45) is 10.9 Å². The molecule has 0 aliphatic carbocycles. The molecule has 0 bridgehead atoms. The number of hydrogen-bond donors (Lipinski definition) is 0. The third kappa shape index (κ3) is 3.78. The summed E-state index contributed by atoms with van der Waals surface area (Å²) in [6, 6.07) is 21.4. The Kier molecular flexibility index (Phi) is 4.91. The van der Waals surface area contributed by atoms with E-state index in [1.54, 1.807) is 0 Å². The van der Waals surface area contributed by atoms with Crippen LogP contribution in [0.1, 0.15) is 31.0 Å². The second-order valence-corrected chi connectivity index (χ2v) is 4.93. The van der Waals surface area contributed by atoms with E-state index < -0.39 is 0 Å². The van der Waals surface area contributed by atoms with Gasteiger partial charge < -0.3 is 0 Å². The van der Waals surface area contributed by atoms with Crippen molar-refractivity contribution >= 4 is 6.21 Å². The summed E-state index contributed by atoms with van der Waals surface area (Å²) in [7, 11) is 0. The largest absolute Gasteiger partial charge is 0.289 e. The van der Waals surface area contributed by atoms with Gasteiger partial charge in [-0.3, -0.25) is 4.99 Å². The van der Waals surface area contributed by atoms with Crippen LogP contribution in [0.2, 0.25) is 0 Å². The van der Waals surface area contributed by atoms with Crippen molar-refractivity contribution in [1.82, 2.24) is 0 Å². The fraction of sp³-hybridized carbons (Fsp3) is 0.278. The molecule has 0 aliphatic rings. The van der Waals surface area contributed by atoms with Gasteiger partial charge in [0.15, 0.2) is 0 Å². The molecule has 0 saturated carbocycles. The van der Waals surface area contributed by atoms with Crippen molar-refractivity contribution in [3.8, 4) is 0 Å². The molecule has 19 heavy (non-hydrogen) atoms. The van der Waals surface area contributed by atoms with Crippen LogP contribution in [0.5, 0.6) is 0 Å². The summed E-state index contributed by atoms with van der Waals surface area (Å²) in [6.45, 7) is 4.27. The van der Waals surface area contributed by atoms with Crippen molar-refractivity contribution in [3.63, 3.8) is 0 Å². The Balaban J connectivity index is 2.16. The normalized spacial score (nSPS) is 14.4. The minimum atomic E-state index is 0.242. The molecule has 1 heteroatoms. The standard InChI is InChI=1S/C18H21N/c1-3-19-18(17-12-8-5-9-13-17)15(2)14-16-10-6-4-7-11-16/h3-13,15,18H,14H2,1-2H3. The van der Waals surface area contributed by atoms with Crippen LogP contribution >= 0.6 is 0 Å². The minimum absolute atomic E-state index is 0.242. The molecule has 0 amide bonds. The van der Waals surface area contributed by atoms with Crippen molar-refractivity contribution in [3.05, 3.63) is 71.8 Å². The third-order valence-electron chi connectivity index (χ3n) is 3.39. The van der Waals surface area contributed by atoms with E-state index in [0.29, 0.717) is 5.92 Å². The number of nitrogens with zero attached hydrogens (tertiary/aromatic N) is 1. The Morgan fingerprint density at radius 1 is 0.947 bits per heavy atom. The predicted molar refractivity (Wildman–Crippen MR) is 82.7 cm³/mol. The van der Waals surface area contributed by atoms with Crippen molar-refractivity contribution < 1.29 is 0 Å². The molecule has 0 aromatic heterocycles. The number of benzene rings is 2. The topological polar surface area (TPSA) is 12.4 Å². The van der Waals surface area contributed by atoms with Gasteiger partial charge in [0.2, 0.25) is 0 Å². The van der Waals surface area contributed by atoms with Gasteiger partial charge in [0.05, 0.1) is 6.04 Å². The van der Waals surface area contributed by atoms with E-state index in [-0.39, 0.29) is 6.04 Å². The first-order valence-corrected chi connectivity index (χ1v) is 6.88. The van der Waals surface area contributed by atoms with E-state index in [0.717, 1.165) is 6.42 Å². The van der Waals surface area contributed by atoms with Gasteiger partial charge in [0, 0.05) is 0 Å². The molecule has 0 radical (unpaired) electrons. The first-order chi connectivity index (χ1) is 9.31. The summed E-state index contributed by atoms with van der Waals surface area (Å²) in [5.74, 6) is 0.487. The average molecular weight is 251 g/mol. The van der Waals surface area contributed by atoms with Crippen LogP contribution in [0.3, 0.4) is 0 Å². The third-order valence-corrected chi connectivity index (χ3v) is 3.39. The van der Waals surface area contributed by atoms with E-state index in [1.165, 1.54) is 11.1 Å². The van der Waals surface area contributed by atoms with Crippen LogP contribution in [0, 0.1) is 5.92 Å². The summed E-state index contributed by atoms with van der Waals surface area (Å²) >= 11 is 0. The van der Waals surface area contributed by atoms with Crippen molar-refractivity contribution in [1.29, 1.82) is 0 Å². The van der Waals surface area contributed by atoms with Gasteiger partial charge in [0.1, 0.15) is 0 Å². The molecule has 2 unspecified atom stereocenters. The quantitative estimate of drug-likeness (QED) is 0.683. The van der Waals surface area contributed by atoms with Crippen LogP contribution in [-0.2, 0) is 6.42 Å². The smallest absolute Gasteiger partial charge is 0.0773 e. The predicted octanol–water partition coefficient (Wildman–Crippen LogP) is 4.70. The van der Waals surface area contributed by atoms with Crippen LogP contribution in [-0.4, -0.2) is 6.21 Å². The van der Waals surface area contributed by atoms with Gasteiger partial charge in [0.25, 0.3) is 0 Å². The Morgan fingerprint density at radius 2 is 1.53 bits per heavy atom. The second kappa shape index (κ2) is 6.89. The van der Waals surface area contributed by atoms with E-state index in [9.17, 15) is 0 Å². The Bertz CT molecular complexity index is 502.